The predicted molar refractivity (Wildman–Crippen MR) is 148 cm³/mol. The molecule has 2 amide bonds. The minimum absolute atomic E-state index is 0.00140. The van der Waals surface area contributed by atoms with E-state index in [9.17, 15) is 9.59 Å². The molecule has 0 unspecified atom stereocenters. The van der Waals surface area contributed by atoms with Crippen molar-refractivity contribution in [1.29, 1.82) is 0 Å². The molecule has 0 saturated heterocycles. The number of nitrogens with zero attached hydrogens (tertiary/aromatic N) is 3. The Morgan fingerprint density at radius 1 is 1.14 bits per heavy atom. The molecule has 2 heterocycles. The SMILES string of the molecule is COc1ccc([C@@H]2CC(c3ccc(C)cc3)=NN2C2=NC(=O)[C@@H](CC(=O)Nc3cccc(Cl)c3)S2)cc1. The minimum Gasteiger partial charge on any atom is -0.497 e. The van der Waals surface area contributed by atoms with Crippen molar-refractivity contribution in [2.45, 2.75) is 31.1 Å². The molecule has 1 N–H and O–H groups in total. The lowest BCUT2D eigenvalue weighted by Gasteiger charge is -2.23. The van der Waals surface area contributed by atoms with Crippen LogP contribution in [0.2, 0.25) is 5.02 Å². The van der Waals surface area contributed by atoms with Gasteiger partial charge in [0.05, 0.1) is 18.9 Å². The number of hydrogen-bond donors (Lipinski definition) is 1. The van der Waals surface area contributed by atoms with Crippen LogP contribution in [0.3, 0.4) is 0 Å². The predicted octanol–water partition coefficient (Wildman–Crippen LogP) is 5.83. The Hall–Kier alpha value is -3.62. The Labute approximate surface area is 224 Å². The summed E-state index contributed by atoms with van der Waals surface area (Å²) in [6.45, 7) is 2.05. The fourth-order valence-corrected chi connectivity index (χ4v) is 5.50. The first-order valence-corrected chi connectivity index (χ1v) is 13.1. The molecule has 3 aromatic carbocycles. The molecule has 2 atom stereocenters. The normalized spacial score (nSPS) is 19.0. The van der Waals surface area contributed by atoms with E-state index < -0.39 is 5.25 Å². The highest BCUT2D eigenvalue weighted by molar-refractivity contribution is 8.15. The van der Waals surface area contributed by atoms with Gasteiger partial charge in [0.1, 0.15) is 11.0 Å². The highest BCUT2D eigenvalue weighted by Gasteiger charge is 2.39. The Morgan fingerprint density at radius 2 is 1.89 bits per heavy atom. The number of rotatable bonds is 6. The largest absolute Gasteiger partial charge is 0.497 e. The second-order valence-corrected chi connectivity index (χ2v) is 10.5. The van der Waals surface area contributed by atoms with E-state index >= 15 is 0 Å². The molecule has 5 rings (SSSR count). The number of methoxy groups -OCH3 is 1. The average Bonchev–Trinajstić information content (AvgIpc) is 3.48. The third-order valence-electron chi connectivity index (χ3n) is 6.20. The quantitative estimate of drug-likeness (QED) is 0.431. The number of carbonyl (C=O) groups is 2. The van der Waals surface area contributed by atoms with Crippen LogP contribution in [0.5, 0.6) is 5.75 Å². The van der Waals surface area contributed by atoms with Crippen LogP contribution < -0.4 is 10.1 Å². The van der Waals surface area contributed by atoms with E-state index in [1.54, 1.807) is 31.4 Å². The van der Waals surface area contributed by atoms with Gasteiger partial charge in [-0.05, 0) is 48.4 Å². The van der Waals surface area contributed by atoms with Crippen molar-refractivity contribution in [1.82, 2.24) is 5.01 Å². The number of hydrogen-bond acceptors (Lipinski definition) is 6. The van der Waals surface area contributed by atoms with E-state index in [1.807, 2.05) is 36.2 Å². The number of anilines is 1. The van der Waals surface area contributed by atoms with Gasteiger partial charge in [0.2, 0.25) is 5.91 Å². The van der Waals surface area contributed by atoms with Gasteiger partial charge >= 0.3 is 0 Å². The van der Waals surface area contributed by atoms with Crippen LogP contribution >= 0.6 is 23.4 Å². The lowest BCUT2D eigenvalue weighted by atomic mass is 9.98. The minimum atomic E-state index is -0.621. The summed E-state index contributed by atoms with van der Waals surface area (Å²) in [5, 5.41) is 9.91. The second-order valence-electron chi connectivity index (χ2n) is 8.85. The van der Waals surface area contributed by atoms with Crippen molar-refractivity contribution in [3.05, 3.63) is 94.5 Å². The Kier molecular flexibility index (Phi) is 7.30. The molecule has 0 spiro atoms. The number of halogens is 1. The van der Waals surface area contributed by atoms with Gasteiger partial charge in [-0.3, -0.25) is 9.59 Å². The Bertz CT molecular complexity index is 1390. The number of carbonyl (C=O) groups excluding carboxylic acids is 2. The van der Waals surface area contributed by atoms with Crippen LogP contribution in [0.25, 0.3) is 0 Å². The van der Waals surface area contributed by atoms with Crippen molar-refractivity contribution in [3.63, 3.8) is 0 Å². The van der Waals surface area contributed by atoms with Gasteiger partial charge < -0.3 is 10.1 Å². The topological polar surface area (TPSA) is 83.4 Å². The number of amides is 2. The van der Waals surface area contributed by atoms with Gasteiger partial charge in [-0.15, -0.1) is 0 Å². The average molecular weight is 533 g/mol. The molecule has 9 heteroatoms. The van der Waals surface area contributed by atoms with Crippen molar-refractivity contribution in [2.24, 2.45) is 10.1 Å². The molecule has 0 fully saturated rings. The number of aliphatic imine (C=N–C) groups is 1. The van der Waals surface area contributed by atoms with Gasteiger partial charge in [-0.25, -0.2) is 5.01 Å². The van der Waals surface area contributed by atoms with Gasteiger partial charge in [-0.1, -0.05) is 71.4 Å². The summed E-state index contributed by atoms with van der Waals surface area (Å²) >= 11 is 7.28. The lowest BCUT2D eigenvalue weighted by molar-refractivity contribution is -0.121. The molecule has 0 bridgehead atoms. The van der Waals surface area contributed by atoms with Gasteiger partial charge in [0, 0.05) is 23.6 Å². The van der Waals surface area contributed by atoms with Crippen molar-refractivity contribution in [2.75, 3.05) is 12.4 Å². The first kappa shape index (κ1) is 25.0. The molecule has 0 aliphatic carbocycles. The summed E-state index contributed by atoms with van der Waals surface area (Å²) in [6.07, 6.45) is 0.654. The standard InChI is InChI=1S/C28H25ClN4O3S/c1-17-6-8-18(9-7-17)23-15-24(19-10-12-22(36-2)13-11-19)33(32-23)28-31-27(35)25(37-28)16-26(34)30-21-5-3-4-20(29)14-21/h3-14,24-25H,15-16H2,1-2H3,(H,30,34)/t24-,25+/m0/s1. The summed E-state index contributed by atoms with van der Waals surface area (Å²) in [5.74, 6) is 0.150. The van der Waals surface area contributed by atoms with Crippen LogP contribution in [0.15, 0.2) is 82.9 Å². The molecule has 0 saturated carbocycles. The third kappa shape index (κ3) is 5.70. The van der Waals surface area contributed by atoms with Crippen LogP contribution in [0.4, 0.5) is 5.69 Å². The fraction of sp³-hybridized carbons (Fsp3) is 0.214. The van der Waals surface area contributed by atoms with E-state index in [0.717, 1.165) is 22.6 Å². The molecule has 2 aliphatic heterocycles. The summed E-state index contributed by atoms with van der Waals surface area (Å²) in [4.78, 5) is 29.7. The molecular weight excluding hydrogens is 508 g/mol. The molecule has 0 radical (unpaired) electrons. The number of nitrogens with one attached hydrogen (secondary N) is 1. The molecule has 0 aromatic heterocycles. The molecule has 7 nitrogen and oxygen atoms in total. The van der Waals surface area contributed by atoms with Crippen molar-refractivity contribution in [3.8, 4) is 5.75 Å². The monoisotopic (exact) mass is 532 g/mol. The number of hydrazone groups is 1. The maximum atomic E-state index is 12.8. The highest BCUT2D eigenvalue weighted by Crippen LogP contribution is 2.39. The smallest absolute Gasteiger partial charge is 0.262 e. The summed E-state index contributed by atoms with van der Waals surface area (Å²) < 4.78 is 5.31. The fourth-order valence-electron chi connectivity index (χ4n) is 4.24. The lowest BCUT2D eigenvalue weighted by Crippen LogP contribution is -2.25. The van der Waals surface area contributed by atoms with E-state index in [1.165, 1.54) is 17.3 Å². The highest BCUT2D eigenvalue weighted by atomic mass is 35.5. The van der Waals surface area contributed by atoms with E-state index in [-0.39, 0.29) is 24.3 Å². The van der Waals surface area contributed by atoms with Gasteiger partial charge in [0.15, 0.2) is 5.17 Å². The molecule has 3 aromatic rings. The number of benzene rings is 3. The van der Waals surface area contributed by atoms with Gasteiger partial charge in [-0.2, -0.15) is 10.1 Å². The maximum Gasteiger partial charge on any atom is 0.262 e. The molecular formula is C28H25ClN4O3S. The number of thioether (sulfide) groups is 1. The number of ether oxygens (including phenoxy) is 1. The van der Waals surface area contributed by atoms with E-state index in [4.69, 9.17) is 21.4 Å². The first-order valence-electron chi connectivity index (χ1n) is 11.8. The maximum absolute atomic E-state index is 12.8. The van der Waals surface area contributed by atoms with Crippen LogP contribution in [0.1, 0.15) is 35.6 Å². The van der Waals surface area contributed by atoms with E-state index in [0.29, 0.717) is 22.3 Å². The summed E-state index contributed by atoms with van der Waals surface area (Å²) in [7, 11) is 1.63. The van der Waals surface area contributed by atoms with Crippen LogP contribution in [-0.2, 0) is 9.59 Å². The summed E-state index contributed by atoms with van der Waals surface area (Å²) in [5.41, 5.74) is 4.73. The van der Waals surface area contributed by atoms with Crippen molar-refractivity contribution >= 4 is 51.7 Å². The molecule has 2 aliphatic rings. The number of aryl methyl sites for hydroxylation is 1. The second kappa shape index (κ2) is 10.8. The Balaban J connectivity index is 1.35. The van der Waals surface area contributed by atoms with Crippen LogP contribution in [0, 0.1) is 6.92 Å². The number of amidine groups is 1. The zero-order valence-corrected chi connectivity index (χ0v) is 21.9. The van der Waals surface area contributed by atoms with Crippen LogP contribution in [-0.4, -0.2) is 40.1 Å². The first-order chi connectivity index (χ1) is 17.9. The third-order valence-corrected chi connectivity index (χ3v) is 7.58. The zero-order valence-electron chi connectivity index (χ0n) is 20.3. The van der Waals surface area contributed by atoms with E-state index in [2.05, 4.69) is 34.6 Å². The van der Waals surface area contributed by atoms with Gasteiger partial charge in [0.25, 0.3) is 5.91 Å². The molecule has 37 heavy (non-hydrogen) atoms. The zero-order chi connectivity index (χ0) is 25.9. The molecule has 188 valence electrons. The van der Waals surface area contributed by atoms with Crippen molar-refractivity contribution < 1.29 is 14.3 Å². The summed E-state index contributed by atoms with van der Waals surface area (Å²) in [6, 6.07) is 22.8. The Morgan fingerprint density at radius 3 is 2.59 bits per heavy atom.